The molecule has 0 spiro atoms. The molecule has 0 aliphatic carbocycles. The maximum atomic E-state index is 11.2. The number of hydrazine groups is 1. The van der Waals surface area contributed by atoms with Gasteiger partial charge in [-0.1, -0.05) is 12.1 Å². The standard InChI is InChI=1S/C25H19N3O4/c29-24(30)19-3-9-22(10-4-19)28(23-11-5-20(6-12-23)25(31)32)27-21-7-1-17(2-8-21)18-13-15-26-16-14-18/h1-16,27H,(H,29,30)(H,31,32). The zero-order valence-corrected chi connectivity index (χ0v) is 16.8. The average molecular weight is 425 g/mol. The van der Waals surface area contributed by atoms with E-state index in [0.29, 0.717) is 11.4 Å². The summed E-state index contributed by atoms with van der Waals surface area (Å²) in [5, 5.41) is 20.1. The molecule has 0 bridgehead atoms. The third kappa shape index (κ3) is 4.57. The number of pyridine rings is 1. The molecule has 0 aliphatic heterocycles. The van der Waals surface area contributed by atoms with E-state index in [1.54, 1.807) is 41.7 Å². The number of benzene rings is 3. The summed E-state index contributed by atoms with van der Waals surface area (Å²) in [4.78, 5) is 26.4. The number of nitrogens with zero attached hydrogens (tertiary/aromatic N) is 2. The van der Waals surface area contributed by atoms with Crippen molar-refractivity contribution in [2.75, 3.05) is 10.4 Å². The SMILES string of the molecule is O=C(O)c1ccc(N(Nc2ccc(-c3ccncc3)cc2)c2ccc(C(=O)O)cc2)cc1. The van der Waals surface area contributed by atoms with E-state index in [1.165, 1.54) is 24.3 Å². The van der Waals surface area contributed by atoms with Crippen LogP contribution in [0.3, 0.4) is 0 Å². The highest BCUT2D eigenvalue weighted by Crippen LogP contribution is 2.28. The first kappa shape index (κ1) is 20.6. The van der Waals surface area contributed by atoms with Crippen molar-refractivity contribution in [1.29, 1.82) is 0 Å². The predicted molar refractivity (Wildman–Crippen MR) is 122 cm³/mol. The fourth-order valence-corrected chi connectivity index (χ4v) is 3.20. The summed E-state index contributed by atoms with van der Waals surface area (Å²) < 4.78 is 0. The molecule has 7 heteroatoms. The van der Waals surface area contributed by atoms with E-state index in [1.807, 2.05) is 36.4 Å². The number of hydrogen-bond donors (Lipinski definition) is 3. The molecule has 1 aromatic heterocycles. The van der Waals surface area contributed by atoms with Crippen LogP contribution in [-0.4, -0.2) is 27.1 Å². The van der Waals surface area contributed by atoms with Crippen LogP contribution < -0.4 is 10.4 Å². The number of anilines is 3. The maximum absolute atomic E-state index is 11.2. The van der Waals surface area contributed by atoms with Gasteiger partial charge in [0.05, 0.1) is 28.2 Å². The smallest absolute Gasteiger partial charge is 0.335 e. The number of carboxylic acids is 2. The van der Waals surface area contributed by atoms with Crippen molar-refractivity contribution in [2.24, 2.45) is 0 Å². The zero-order valence-electron chi connectivity index (χ0n) is 16.8. The van der Waals surface area contributed by atoms with Gasteiger partial charge in [-0.15, -0.1) is 0 Å². The lowest BCUT2D eigenvalue weighted by molar-refractivity contribution is 0.0686. The largest absolute Gasteiger partial charge is 0.478 e. The molecule has 0 atom stereocenters. The van der Waals surface area contributed by atoms with Crippen LogP contribution in [0.15, 0.2) is 97.3 Å². The van der Waals surface area contributed by atoms with Crippen LogP contribution in [0.25, 0.3) is 11.1 Å². The van der Waals surface area contributed by atoms with Gasteiger partial charge in [-0.3, -0.25) is 15.4 Å². The third-order valence-electron chi connectivity index (χ3n) is 4.88. The van der Waals surface area contributed by atoms with Gasteiger partial charge in [0.25, 0.3) is 0 Å². The zero-order chi connectivity index (χ0) is 22.5. The number of nitrogens with one attached hydrogen (secondary N) is 1. The van der Waals surface area contributed by atoms with Crippen LogP contribution in [0.1, 0.15) is 20.7 Å². The van der Waals surface area contributed by atoms with E-state index in [2.05, 4.69) is 10.4 Å². The summed E-state index contributed by atoms with van der Waals surface area (Å²) in [6.45, 7) is 0. The Bertz CT molecular complexity index is 1170. The topological polar surface area (TPSA) is 103 Å². The Hall–Kier alpha value is -4.65. The van der Waals surface area contributed by atoms with Crippen molar-refractivity contribution in [3.05, 3.63) is 108 Å². The molecule has 4 aromatic rings. The molecule has 7 nitrogen and oxygen atoms in total. The van der Waals surface area contributed by atoms with Crippen molar-refractivity contribution >= 4 is 29.0 Å². The van der Waals surface area contributed by atoms with Crippen molar-refractivity contribution < 1.29 is 19.8 Å². The third-order valence-corrected chi connectivity index (χ3v) is 4.88. The molecule has 0 saturated heterocycles. The first-order valence-electron chi connectivity index (χ1n) is 9.75. The number of carbonyl (C=O) groups is 2. The van der Waals surface area contributed by atoms with Crippen LogP contribution in [0.4, 0.5) is 17.1 Å². The average Bonchev–Trinajstić information content (AvgIpc) is 2.83. The highest BCUT2D eigenvalue weighted by atomic mass is 16.4. The summed E-state index contributed by atoms with van der Waals surface area (Å²) in [7, 11) is 0. The van der Waals surface area contributed by atoms with Gasteiger partial charge in [0.2, 0.25) is 0 Å². The molecule has 0 amide bonds. The van der Waals surface area contributed by atoms with E-state index in [4.69, 9.17) is 0 Å². The van der Waals surface area contributed by atoms with Gasteiger partial charge in [0.1, 0.15) is 0 Å². The molecule has 158 valence electrons. The Kier molecular flexibility index (Phi) is 5.81. The summed E-state index contributed by atoms with van der Waals surface area (Å²) in [6.07, 6.45) is 3.48. The Morgan fingerprint density at radius 1 is 0.625 bits per heavy atom. The highest BCUT2D eigenvalue weighted by molar-refractivity contribution is 5.89. The second-order valence-corrected chi connectivity index (χ2v) is 6.96. The minimum atomic E-state index is -1.01. The van der Waals surface area contributed by atoms with Gasteiger partial charge in [0, 0.05) is 12.4 Å². The number of hydrogen-bond acceptors (Lipinski definition) is 5. The first-order chi connectivity index (χ1) is 15.5. The van der Waals surface area contributed by atoms with Crippen molar-refractivity contribution in [2.45, 2.75) is 0 Å². The van der Waals surface area contributed by atoms with Gasteiger partial charge < -0.3 is 10.2 Å². The molecule has 4 rings (SSSR count). The summed E-state index contributed by atoms with van der Waals surface area (Å²) in [5.41, 5.74) is 7.94. The summed E-state index contributed by atoms with van der Waals surface area (Å²) in [6, 6.07) is 24.5. The number of rotatable bonds is 7. The lowest BCUT2D eigenvalue weighted by atomic mass is 10.1. The molecule has 1 heterocycles. The van der Waals surface area contributed by atoms with Gasteiger partial charge in [-0.25, -0.2) is 9.59 Å². The fraction of sp³-hybridized carbons (Fsp3) is 0. The predicted octanol–water partition coefficient (Wildman–Crippen LogP) is 5.31. The molecule has 3 aromatic carbocycles. The van der Waals surface area contributed by atoms with E-state index in [0.717, 1.165) is 16.8 Å². The molecule has 3 N–H and O–H groups in total. The van der Waals surface area contributed by atoms with Crippen LogP contribution in [0.2, 0.25) is 0 Å². The minimum absolute atomic E-state index is 0.177. The lowest BCUT2D eigenvalue weighted by Crippen LogP contribution is -2.24. The van der Waals surface area contributed by atoms with E-state index in [-0.39, 0.29) is 11.1 Å². The molecule has 0 unspecified atom stereocenters. The van der Waals surface area contributed by atoms with E-state index >= 15 is 0 Å². The second-order valence-electron chi connectivity index (χ2n) is 6.96. The van der Waals surface area contributed by atoms with Crippen LogP contribution in [0.5, 0.6) is 0 Å². The van der Waals surface area contributed by atoms with Crippen LogP contribution >= 0.6 is 0 Å². The fourth-order valence-electron chi connectivity index (χ4n) is 3.20. The molecule has 32 heavy (non-hydrogen) atoms. The maximum Gasteiger partial charge on any atom is 0.335 e. The highest BCUT2D eigenvalue weighted by Gasteiger charge is 2.13. The van der Waals surface area contributed by atoms with Gasteiger partial charge in [0.15, 0.2) is 0 Å². The van der Waals surface area contributed by atoms with Crippen molar-refractivity contribution in [3.63, 3.8) is 0 Å². The van der Waals surface area contributed by atoms with Crippen molar-refractivity contribution in [3.8, 4) is 11.1 Å². The minimum Gasteiger partial charge on any atom is -0.478 e. The number of aromatic carboxylic acids is 2. The quantitative estimate of drug-likeness (QED) is 0.345. The van der Waals surface area contributed by atoms with Crippen molar-refractivity contribution in [1.82, 2.24) is 4.98 Å². The molecule has 0 fully saturated rings. The summed E-state index contributed by atoms with van der Waals surface area (Å²) in [5.74, 6) is -2.01. The summed E-state index contributed by atoms with van der Waals surface area (Å²) >= 11 is 0. The molecular weight excluding hydrogens is 406 g/mol. The van der Waals surface area contributed by atoms with Crippen LogP contribution in [-0.2, 0) is 0 Å². The number of carboxylic acid groups (broad SMARTS) is 2. The molecule has 0 saturated carbocycles. The molecule has 0 aliphatic rings. The Morgan fingerprint density at radius 2 is 1.06 bits per heavy atom. The molecule has 0 radical (unpaired) electrons. The number of aromatic nitrogens is 1. The van der Waals surface area contributed by atoms with Gasteiger partial charge in [-0.2, -0.15) is 0 Å². The Labute approximate surface area is 184 Å². The first-order valence-corrected chi connectivity index (χ1v) is 9.75. The van der Waals surface area contributed by atoms with Gasteiger partial charge >= 0.3 is 11.9 Å². The second kappa shape index (κ2) is 9.01. The Balaban J connectivity index is 1.65. The van der Waals surface area contributed by atoms with Gasteiger partial charge in [-0.05, 0) is 83.9 Å². The van der Waals surface area contributed by atoms with Crippen LogP contribution in [0, 0.1) is 0 Å². The Morgan fingerprint density at radius 3 is 1.50 bits per heavy atom. The normalized spacial score (nSPS) is 10.4. The monoisotopic (exact) mass is 425 g/mol. The van der Waals surface area contributed by atoms with E-state index < -0.39 is 11.9 Å². The van der Waals surface area contributed by atoms with E-state index in [9.17, 15) is 19.8 Å². The lowest BCUT2D eigenvalue weighted by Gasteiger charge is -2.27. The molecular formula is C25H19N3O4.